The van der Waals surface area contributed by atoms with Crippen LogP contribution in [0.15, 0.2) is 36.7 Å². The van der Waals surface area contributed by atoms with Crippen LogP contribution in [0.25, 0.3) is 11.3 Å². The lowest BCUT2D eigenvalue weighted by Crippen LogP contribution is -2.29. The maximum absolute atomic E-state index is 6.04. The predicted octanol–water partition coefficient (Wildman–Crippen LogP) is 2.65. The van der Waals surface area contributed by atoms with Gasteiger partial charge in [-0.1, -0.05) is 29.8 Å². The molecular weight excluding hydrogens is 210 g/mol. The lowest BCUT2D eigenvalue weighted by molar-refractivity contribution is 0.534. The third-order valence-electron chi connectivity index (χ3n) is 2.67. The van der Waals surface area contributed by atoms with Crippen LogP contribution in [0.3, 0.4) is 0 Å². The van der Waals surface area contributed by atoms with E-state index in [1.54, 1.807) is 6.33 Å². The summed E-state index contributed by atoms with van der Waals surface area (Å²) < 4.78 is 0. The number of nitrogens with two attached hydrogens (primary N) is 1. The van der Waals surface area contributed by atoms with Gasteiger partial charge in [-0.15, -0.1) is 0 Å². The number of aromatic nitrogens is 2. The van der Waals surface area contributed by atoms with Gasteiger partial charge in [0.25, 0.3) is 0 Å². The van der Waals surface area contributed by atoms with E-state index in [1.807, 2.05) is 19.9 Å². The highest BCUT2D eigenvalue weighted by atomic mass is 14.9. The van der Waals surface area contributed by atoms with Crippen molar-refractivity contribution in [1.82, 2.24) is 9.97 Å². The zero-order chi connectivity index (χ0) is 12.5. The molecule has 0 bridgehead atoms. The number of hydrogen-bond donors (Lipinski definition) is 1. The average molecular weight is 227 g/mol. The van der Waals surface area contributed by atoms with Gasteiger partial charge in [-0.05, 0) is 26.8 Å². The van der Waals surface area contributed by atoms with Gasteiger partial charge in [0.1, 0.15) is 6.33 Å². The highest BCUT2D eigenvalue weighted by Crippen LogP contribution is 2.21. The van der Waals surface area contributed by atoms with Crippen molar-refractivity contribution in [1.29, 1.82) is 0 Å². The van der Waals surface area contributed by atoms with Crippen LogP contribution in [-0.2, 0) is 5.54 Å². The Balaban J connectivity index is 2.43. The van der Waals surface area contributed by atoms with E-state index in [4.69, 9.17) is 5.73 Å². The van der Waals surface area contributed by atoms with Crippen LogP contribution in [0, 0.1) is 6.92 Å². The summed E-state index contributed by atoms with van der Waals surface area (Å²) in [4.78, 5) is 8.50. The fraction of sp³-hybridized carbons (Fsp3) is 0.286. The van der Waals surface area contributed by atoms with Crippen LogP contribution >= 0.6 is 0 Å². The summed E-state index contributed by atoms with van der Waals surface area (Å²) in [6, 6.07) is 10.2. The van der Waals surface area contributed by atoms with E-state index in [0.717, 1.165) is 17.0 Å². The molecule has 2 N–H and O–H groups in total. The van der Waals surface area contributed by atoms with Crippen LogP contribution in [0.4, 0.5) is 0 Å². The minimum atomic E-state index is -0.442. The van der Waals surface area contributed by atoms with E-state index in [9.17, 15) is 0 Å². The Morgan fingerprint density at radius 3 is 2.29 bits per heavy atom. The van der Waals surface area contributed by atoms with Gasteiger partial charge in [0.2, 0.25) is 0 Å². The minimum Gasteiger partial charge on any atom is -0.321 e. The third kappa shape index (κ3) is 2.68. The Morgan fingerprint density at radius 2 is 1.71 bits per heavy atom. The molecule has 0 atom stereocenters. The summed E-state index contributed by atoms with van der Waals surface area (Å²) >= 11 is 0. The van der Waals surface area contributed by atoms with Gasteiger partial charge in [-0.2, -0.15) is 0 Å². The molecule has 88 valence electrons. The smallest absolute Gasteiger partial charge is 0.116 e. The Morgan fingerprint density at radius 1 is 1.06 bits per heavy atom. The van der Waals surface area contributed by atoms with Gasteiger partial charge >= 0.3 is 0 Å². The molecule has 0 aliphatic rings. The van der Waals surface area contributed by atoms with Crippen molar-refractivity contribution in [3.63, 3.8) is 0 Å². The van der Waals surface area contributed by atoms with E-state index in [1.165, 1.54) is 5.56 Å². The standard InChI is InChI=1S/C14H17N3/c1-10-4-6-11(7-5-10)12-8-13(14(2,3)15)17-9-16-12/h4-9H,15H2,1-3H3. The molecule has 0 saturated heterocycles. The first-order valence-corrected chi connectivity index (χ1v) is 5.65. The molecular formula is C14H17N3. The lowest BCUT2D eigenvalue weighted by atomic mass is 10.00. The zero-order valence-electron chi connectivity index (χ0n) is 10.4. The average Bonchev–Trinajstić information content (AvgIpc) is 2.29. The molecule has 2 rings (SSSR count). The van der Waals surface area contributed by atoms with Crippen molar-refractivity contribution in [2.45, 2.75) is 26.3 Å². The molecule has 1 aromatic heterocycles. The van der Waals surface area contributed by atoms with Crippen LogP contribution in [0.1, 0.15) is 25.1 Å². The molecule has 1 aromatic carbocycles. The van der Waals surface area contributed by atoms with Crippen molar-refractivity contribution < 1.29 is 0 Å². The summed E-state index contributed by atoms with van der Waals surface area (Å²) in [5, 5.41) is 0. The number of rotatable bonds is 2. The molecule has 1 heterocycles. The largest absolute Gasteiger partial charge is 0.321 e. The Labute approximate surface area is 102 Å². The molecule has 0 radical (unpaired) electrons. The quantitative estimate of drug-likeness (QED) is 0.858. The lowest BCUT2D eigenvalue weighted by Gasteiger charge is -2.17. The van der Waals surface area contributed by atoms with Crippen LogP contribution in [0.5, 0.6) is 0 Å². The van der Waals surface area contributed by atoms with Gasteiger partial charge in [-0.25, -0.2) is 9.97 Å². The molecule has 0 amide bonds. The number of nitrogens with zero attached hydrogens (tertiary/aromatic N) is 2. The topological polar surface area (TPSA) is 51.8 Å². The van der Waals surface area contributed by atoms with Crippen molar-refractivity contribution in [2.75, 3.05) is 0 Å². The Kier molecular flexibility index (Phi) is 2.94. The third-order valence-corrected chi connectivity index (χ3v) is 2.67. The van der Waals surface area contributed by atoms with E-state index in [-0.39, 0.29) is 0 Å². The monoisotopic (exact) mass is 227 g/mol. The summed E-state index contributed by atoms with van der Waals surface area (Å²) in [5.41, 5.74) is 9.68. The first-order valence-electron chi connectivity index (χ1n) is 5.65. The minimum absolute atomic E-state index is 0.442. The molecule has 3 nitrogen and oxygen atoms in total. The van der Waals surface area contributed by atoms with Crippen molar-refractivity contribution in [3.8, 4) is 11.3 Å². The van der Waals surface area contributed by atoms with Gasteiger partial charge in [-0.3, -0.25) is 0 Å². The normalized spacial score (nSPS) is 11.5. The molecule has 0 fully saturated rings. The second-order valence-corrected chi connectivity index (χ2v) is 4.88. The number of benzene rings is 1. The van der Waals surface area contributed by atoms with E-state index in [2.05, 4.69) is 41.2 Å². The van der Waals surface area contributed by atoms with Crippen LogP contribution in [0.2, 0.25) is 0 Å². The molecule has 0 aliphatic heterocycles. The summed E-state index contributed by atoms with van der Waals surface area (Å²) in [5.74, 6) is 0. The SMILES string of the molecule is Cc1ccc(-c2cc(C(C)(C)N)ncn2)cc1. The van der Waals surface area contributed by atoms with Crippen molar-refractivity contribution >= 4 is 0 Å². The van der Waals surface area contributed by atoms with Gasteiger partial charge < -0.3 is 5.73 Å². The first-order chi connectivity index (χ1) is 7.97. The molecule has 3 heteroatoms. The Hall–Kier alpha value is -1.74. The Bertz CT molecular complexity index is 510. The van der Waals surface area contributed by atoms with E-state index >= 15 is 0 Å². The van der Waals surface area contributed by atoms with Gasteiger partial charge in [0.15, 0.2) is 0 Å². The summed E-state index contributed by atoms with van der Waals surface area (Å²) in [6.45, 7) is 5.95. The van der Waals surface area contributed by atoms with Gasteiger partial charge in [0.05, 0.1) is 16.9 Å². The fourth-order valence-electron chi connectivity index (χ4n) is 1.59. The first kappa shape index (κ1) is 11.7. The van der Waals surface area contributed by atoms with E-state index in [0.29, 0.717) is 0 Å². The number of hydrogen-bond acceptors (Lipinski definition) is 3. The molecule has 0 saturated carbocycles. The highest BCUT2D eigenvalue weighted by Gasteiger charge is 2.16. The highest BCUT2D eigenvalue weighted by molar-refractivity contribution is 5.59. The maximum atomic E-state index is 6.04. The summed E-state index contributed by atoms with van der Waals surface area (Å²) in [6.07, 6.45) is 1.57. The maximum Gasteiger partial charge on any atom is 0.116 e. The zero-order valence-corrected chi connectivity index (χ0v) is 10.4. The summed E-state index contributed by atoms with van der Waals surface area (Å²) in [7, 11) is 0. The van der Waals surface area contributed by atoms with E-state index < -0.39 is 5.54 Å². The fourth-order valence-corrected chi connectivity index (χ4v) is 1.59. The van der Waals surface area contributed by atoms with Crippen LogP contribution in [-0.4, -0.2) is 9.97 Å². The molecule has 0 aliphatic carbocycles. The molecule has 0 unspecified atom stereocenters. The molecule has 2 aromatic rings. The van der Waals surface area contributed by atoms with Crippen molar-refractivity contribution in [2.24, 2.45) is 5.73 Å². The van der Waals surface area contributed by atoms with Crippen LogP contribution < -0.4 is 5.73 Å². The molecule has 0 spiro atoms. The number of aryl methyl sites for hydroxylation is 1. The second-order valence-electron chi connectivity index (χ2n) is 4.88. The second kappa shape index (κ2) is 4.26. The van der Waals surface area contributed by atoms with Crippen molar-refractivity contribution in [3.05, 3.63) is 47.9 Å². The molecule has 17 heavy (non-hydrogen) atoms. The predicted molar refractivity (Wildman–Crippen MR) is 69.4 cm³/mol. The van der Waals surface area contributed by atoms with Gasteiger partial charge in [0, 0.05) is 5.56 Å².